The van der Waals surface area contributed by atoms with Crippen LogP contribution in [0.25, 0.3) is 21.8 Å². The molecular weight excluding hydrogens is 399 g/mol. The molecule has 0 saturated heterocycles. The molecule has 0 radical (unpaired) electrons. The van der Waals surface area contributed by atoms with Crippen LogP contribution in [0.5, 0.6) is 5.75 Å². The Morgan fingerprint density at radius 3 is 2.57 bits per heavy atom. The number of amides is 1. The zero-order valence-corrected chi connectivity index (χ0v) is 16.6. The second kappa shape index (κ2) is 6.89. The van der Waals surface area contributed by atoms with E-state index in [1.807, 2.05) is 29.8 Å². The number of nitrogens with zero attached hydrogens (tertiary/aromatic N) is 2. The van der Waals surface area contributed by atoms with Gasteiger partial charge in [0.05, 0.1) is 28.4 Å². The van der Waals surface area contributed by atoms with Crippen LogP contribution in [-0.2, 0) is 7.05 Å². The molecule has 2 aromatic heterocycles. The van der Waals surface area contributed by atoms with Crippen LogP contribution in [0.1, 0.15) is 10.4 Å². The van der Waals surface area contributed by atoms with E-state index < -0.39 is 0 Å². The van der Waals surface area contributed by atoms with Crippen molar-refractivity contribution in [3.8, 4) is 5.75 Å². The first-order valence-electron chi connectivity index (χ1n) is 8.37. The van der Waals surface area contributed by atoms with Gasteiger partial charge in [-0.15, -0.1) is 0 Å². The molecule has 3 N–H and O–H groups in total. The van der Waals surface area contributed by atoms with Gasteiger partial charge in [0.15, 0.2) is 0 Å². The van der Waals surface area contributed by atoms with Crippen LogP contribution in [0, 0.1) is 0 Å². The van der Waals surface area contributed by atoms with Gasteiger partial charge < -0.3 is 20.4 Å². The van der Waals surface area contributed by atoms with E-state index in [2.05, 4.69) is 10.3 Å². The third kappa shape index (κ3) is 2.82. The number of benzene rings is 2. The predicted octanol–water partition coefficient (Wildman–Crippen LogP) is 4.88. The molecule has 1 amide bonds. The quantitative estimate of drug-likeness (QED) is 0.468. The Balaban J connectivity index is 1.97. The number of ether oxygens (including phenoxy) is 1. The summed E-state index contributed by atoms with van der Waals surface area (Å²) >= 11 is 12.3. The molecule has 28 heavy (non-hydrogen) atoms. The summed E-state index contributed by atoms with van der Waals surface area (Å²) < 4.78 is 7.50. The minimum absolute atomic E-state index is 0.257. The zero-order chi connectivity index (χ0) is 20.0. The summed E-state index contributed by atoms with van der Waals surface area (Å²) in [7, 11) is 3.51. The van der Waals surface area contributed by atoms with E-state index in [0.717, 1.165) is 21.8 Å². The van der Waals surface area contributed by atoms with Crippen molar-refractivity contribution in [2.75, 3.05) is 18.2 Å². The maximum absolute atomic E-state index is 13.1. The molecule has 0 bridgehead atoms. The van der Waals surface area contributed by atoms with Crippen LogP contribution in [0.15, 0.2) is 42.7 Å². The lowest BCUT2D eigenvalue weighted by molar-refractivity contribution is 0.102. The maximum atomic E-state index is 13.1. The van der Waals surface area contributed by atoms with Crippen molar-refractivity contribution in [1.82, 2.24) is 9.55 Å². The number of carbonyl (C=O) groups excluding carboxylic acids is 1. The average molecular weight is 415 g/mol. The lowest BCUT2D eigenvalue weighted by Crippen LogP contribution is -2.13. The number of pyridine rings is 1. The Morgan fingerprint density at radius 2 is 1.89 bits per heavy atom. The van der Waals surface area contributed by atoms with Gasteiger partial charge in [0.25, 0.3) is 5.91 Å². The Bertz CT molecular complexity index is 1230. The summed E-state index contributed by atoms with van der Waals surface area (Å²) in [5.74, 6) is 0.307. The number of methoxy groups -OCH3 is 1. The zero-order valence-electron chi connectivity index (χ0n) is 15.1. The minimum Gasteiger partial charge on any atom is -0.495 e. The SMILES string of the molecule is COc1ccc(C(=O)Nc2c(Cl)cncc2Cl)c2c3cc(N)ccc3n(C)c12. The first-order valence-corrected chi connectivity index (χ1v) is 9.13. The predicted molar refractivity (Wildman–Crippen MR) is 114 cm³/mol. The normalized spacial score (nSPS) is 11.1. The molecule has 4 rings (SSSR count). The first kappa shape index (κ1) is 18.4. The van der Waals surface area contributed by atoms with Gasteiger partial charge in [-0.3, -0.25) is 9.78 Å². The fourth-order valence-corrected chi connectivity index (χ4v) is 3.87. The van der Waals surface area contributed by atoms with Crippen molar-refractivity contribution in [3.05, 3.63) is 58.3 Å². The number of hydrogen-bond donors (Lipinski definition) is 2. The van der Waals surface area contributed by atoms with Gasteiger partial charge in [-0.2, -0.15) is 0 Å². The van der Waals surface area contributed by atoms with E-state index in [1.165, 1.54) is 12.4 Å². The van der Waals surface area contributed by atoms with Crippen LogP contribution < -0.4 is 15.8 Å². The lowest BCUT2D eigenvalue weighted by Gasteiger charge is -2.11. The smallest absolute Gasteiger partial charge is 0.256 e. The lowest BCUT2D eigenvalue weighted by atomic mass is 10.0. The van der Waals surface area contributed by atoms with E-state index in [-0.39, 0.29) is 16.0 Å². The van der Waals surface area contributed by atoms with E-state index in [4.69, 9.17) is 33.7 Å². The topological polar surface area (TPSA) is 82.2 Å². The maximum Gasteiger partial charge on any atom is 0.256 e. The molecule has 0 unspecified atom stereocenters. The molecule has 6 nitrogen and oxygen atoms in total. The molecule has 2 heterocycles. The molecule has 0 aliphatic rings. The summed E-state index contributed by atoms with van der Waals surface area (Å²) in [6, 6.07) is 9.06. The monoisotopic (exact) mass is 414 g/mol. The van der Waals surface area contributed by atoms with Gasteiger partial charge in [0, 0.05) is 47.0 Å². The van der Waals surface area contributed by atoms with Crippen molar-refractivity contribution < 1.29 is 9.53 Å². The summed E-state index contributed by atoms with van der Waals surface area (Å²) in [6.07, 6.45) is 2.84. The second-order valence-corrected chi connectivity index (χ2v) is 7.12. The number of nitrogens with two attached hydrogens (primary N) is 1. The fraction of sp³-hybridized carbons (Fsp3) is 0.100. The van der Waals surface area contributed by atoms with Gasteiger partial charge in [0.1, 0.15) is 5.75 Å². The highest BCUT2D eigenvalue weighted by atomic mass is 35.5. The van der Waals surface area contributed by atoms with Crippen molar-refractivity contribution in [3.63, 3.8) is 0 Å². The summed E-state index contributed by atoms with van der Waals surface area (Å²) in [5.41, 5.74) is 9.10. The number of aryl methyl sites for hydroxylation is 1. The molecule has 0 spiro atoms. The largest absolute Gasteiger partial charge is 0.495 e. The van der Waals surface area contributed by atoms with Crippen molar-refractivity contribution in [2.45, 2.75) is 0 Å². The highest BCUT2D eigenvalue weighted by molar-refractivity contribution is 6.40. The van der Waals surface area contributed by atoms with Gasteiger partial charge in [-0.1, -0.05) is 23.2 Å². The molecule has 0 fully saturated rings. The minimum atomic E-state index is -0.349. The van der Waals surface area contributed by atoms with Crippen LogP contribution in [0.3, 0.4) is 0 Å². The molecular formula is C20H16Cl2N4O2. The van der Waals surface area contributed by atoms with Crippen LogP contribution in [-0.4, -0.2) is 22.6 Å². The van der Waals surface area contributed by atoms with E-state index in [9.17, 15) is 4.79 Å². The molecule has 2 aromatic carbocycles. The number of carbonyl (C=O) groups is 1. The molecule has 0 aliphatic carbocycles. The highest BCUT2D eigenvalue weighted by Gasteiger charge is 2.21. The molecule has 4 aromatic rings. The number of rotatable bonds is 3. The number of aromatic nitrogens is 2. The fourth-order valence-electron chi connectivity index (χ4n) is 3.41. The molecule has 0 aliphatic heterocycles. The molecule has 0 atom stereocenters. The highest BCUT2D eigenvalue weighted by Crippen LogP contribution is 2.38. The summed E-state index contributed by atoms with van der Waals surface area (Å²) in [6.45, 7) is 0. The van der Waals surface area contributed by atoms with Gasteiger partial charge >= 0.3 is 0 Å². The Labute approximate surface area is 170 Å². The number of fused-ring (bicyclic) bond motifs is 3. The standard InChI is InChI=1S/C20H16Cl2N4O2/c1-26-15-5-3-10(23)7-12(15)17-11(4-6-16(28-2)19(17)26)20(27)25-18-13(21)8-24-9-14(18)22/h3-9H,23H2,1-2H3,(H,24,25,27). The van der Waals surface area contributed by atoms with Crippen molar-refractivity contribution in [1.29, 1.82) is 0 Å². The van der Waals surface area contributed by atoms with Crippen LogP contribution >= 0.6 is 23.2 Å². The molecule has 8 heteroatoms. The van der Waals surface area contributed by atoms with Crippen LogP contribution in [0.2, 0.25) is 10.0 Å². The first-order chi connectivity index (χ1) is 13.4. The number of nitrogen functional groups attached to an aromatic ring is 1. The number of anilines is 2. The third-order valence-corrected chi connectivity index (χ3v) is 5.26. The summed E-state index contributed by atoms with van der Waals surface area (Å²) in [5, 5.41) is 4.90. The average Bonchev–Trinajstić information content (AvgIpc) is 2.96. The number of hydrogen-bond acceptors (Lipinski definition) is 4. The van der Waals surface area contributed by atoms with Crippen molar-refractivity contribution in [2.24, 2.45) is 7.05 Å². The van der Waals surface area contributed by atoms with E-state index in [0.29, 0.717) is 22.7 Å². The Morgan fingerprint density at radius 1 is 1.18 bits per heavy atom. The Kier molecular flexibility index (Phi) is 4.53. The van der Waals surface area contributed by atoms with E-state index in [1.54, 1.807) is 19.2 Å². The van der Waals surface area contributed by atoms with Gasteiger partial charge in [-0.25, -0.2) is 0 Å². The number of halogens is 2. The summed E-state index contributed by atoms with van der Waals surface area (Å²) in [4.78, 5) is 17.0. The molecule has 142 valence electrons. The molecule has 0 saturated carbocycles. The van der Waals surface area contributed by atoms with Crippen molar-refractivity contribution >= 4 is 62.3 Å². The third-order valence-electron chi connectivity index (χ3n) is 4.68. The van der Waals surface area contributed by atoms with Crippen LogP contribution in [0.4, 0.5) is 11.4 Å². The Hall–Kier alpha value is -2.96. The van der Waals surface area contributed by atoms with Gasteiger partial charge in [0.2, 0.25) is 0 Å². The second-order valence-electron chi connectivity index (χ2n) is 6.31. The number of nitrogens with one attached hydrogen (secondary N) is 1. The van der Waals surface area contributed by atoms with Gasteiger partial charge in [-0.05, 0) is 30.3 Å². The van der Waals surface area contributed by atoms with E-state index >= 15 is 0 Å².